The summed E-state index contributed by atoms with van der Waals surface area (Å²) in [6.45, 7) is 3.06. The number of methoxy groups -OCH3 is 1. The predicted molar refractivity (Wildman–Crippen MR) is 104 cm³/mol. The smallest absolute Gasteiger partial charge is 0.262 e. The second-order valence-corrected chi connectivity index (χ2v) is 6.24. The topological polar surface area (TPSA) is 59.6 Å². The Labute approximate surface area is 158 Å². The molecule has 0 radical (unpaired) electrons. The Bertz CT molecular complexity index is 865. The van der Waals surface area contributed by atoms with Gasteiger partial charge in [-0.1, -0.05) is 24.3 Å². The van der Waals surface area contributed by atoms with Crippen molar-refractivity contribution in [3.63, 3.8) is 0 Å². The van der Waals surface area contributed by atoms with Gasteiger partial charge in [0.05, 0.1) is 12.8 Å². The van der Waals surface area contributed by atoms with Gasteiger partial charge in [0.1, 0.15) is 5.82 Å². The molecular formula is C21H23FN2O3. The van der Waals surface area contributed by atoms with E-state index in [2.05, 4.69) is 10.6 Å². The first-order valence-electron chi connectivity index (χ1n) is 8.86. The van der Waals surface area contributed by atoms with Crippen LogP contribution in [0.4, 0.5) is 10.1 Å². The maximum absolute atomic E-state index is 14.6. The highest BCUT2D eigenvalue weighted by Gasteiger charge is 2.18. The van der Waals surface area contributed by atoms with Crippen molar-refractivity contribution in [2.45, 2.75) is 19.9 Å². The van der Waals surface area contributed by atoms with Crippen LogP contribution in [0.5, 0.6) is 11.5 Å². The standard InChI is InChI=1S/C21H23FN2O3/c1-3-4-14-5-8-18(19(11-14)26-2)27-13-20(25)24-17-7-6-15-12-23-10-9-16(15)21(17)22/h3-8,11,23H,9-10,12-13H2,1-2H3,(H,24,25)/b4-3+. The molecule has 0 spiro atoms. The largest absolute Gasteiger partial charge is 0.493 e. The molecular weight excluding hydrogens is 347 g/mol. The summed E-state index contributed by atoms with van der Waals surface area (Å²) in [6.07, 6.45) is 4.47. The second kappa shape index (κ2) is 8.68. The third-order valence-corrected chi connectivity index (χ3v) is 4.39. The number of halogens is 1. The molecule has 1 aliphatic heterocycles. The minimum absolute atomic E-state index is 0.180. The molecule has 1 amide bonds. The zero-order valence-electron chi connectivity index (χ0n) is 15.5. The predicted octanol–water partition coefficient (Wildman–Crippen LogP) is 3.53. The Kier molecular flexibility index (Phi) is 6.08. The maximum Gasteiger partial charge on any atom is 0.262 e. The molecule has 0 bridgehead atoms. The number of hydrogen-bond donors (Lipinski definition) is 2. The number of amides is 1. The van der Waals surface area contributed by atoms with Crippen LogP contribution in [0.1, 0.15) is 23.6 Å². The summed E-state index contributed by atoms with van der Waals surface area (Å²) >= 11 is 0. The fourth-order valence-electron chi connectivity index (χ4n) is 3.06. The average molecular weight is 370 g/mol. The number of allylic oxidation sites excluding steroid dienone is 1. The van der Waals surface area contributed by atoms with E-state index in [9.17, 15) is 9.18 Å². The Hall–Kier alpha value is -2.86. The highest BCUT2D eigenvalue weighted by molar-refractivity contribution is 5.92. The van der Waals surface area contributed by atoms with E-state index >= 15 is 0 Å². The molecule has 0 fully saturated rings. The lowest BCUT2D eigenvalue weighted by Gasteiger charge is -2.19. The summed E-state index contributed by atoms with van der Waals surface area (Å²) in [5, 5.41) is 5.79. The van der Waals surface area contributed by atoms with Gasteiger partial charge in [-0.05, 0) is 54.8 Å². The zero-order chi connectivity index (χ0) is 19.2. The van der Waals surface area contributed by atoms with E-state index in [1.54, 1.807) is 19.2 Å². The quantitative estimate of drug-likeness (QED) is 0.817. The lowest BCUT2D eigenvalue weighted by atomic mass is 9.99. The van der Waals surface area contributed by atoms with Crippen molar-refractivity contribution in [1.29, 1.82) is 0 Å². The highest BCUT2D eigenvalue weighted by Crippen LogP contribution is 2.29. The van der Waals surface area contributed by atoms with E-state index in [1.807, 2.05) is 37.3 Å². The summed E-state index contributed by atoms with van der Waals surface area (Å²) < 4.78 is 25.5. The van der Waals surface area contributed by atoms with E-state index in [-0.39, 0.29) is 18.1 Å². The number of hydrogen-bond acceptors (Lipinski definition) is 4. The highest BCUT2D eigenvalue weighted by atomic mass is 19.1. The maximum atomic E-state index is 14.6. The minimum atomic E-state index is -0.428. The average Bonchev–Trinajstić information content (AvgIpc) is 2.69. The van der Waals surface area contributed by atoms with Crippen LogP contribution in [0, 0.1) is 5.82 Å². The Morgan fingerprint density at radius 3 is 2.93 bits per heavy atom. The van der Waals surface area contributed by atoms with E-state index in [0.717, 1.165) is 17.7 Å². The Morgan fingerprint density at radius 2 is 2.15 bits per heavy atom. The lowest BCUT2D eigenvalue weighted by molar-refractivity contribution is -0.118. The lowest BCUT2D eigenvalue weighted by Crippen LogP contribution is -2.26. The molecule has 0 aromatic heterocycles. The molecule has 0 aliphatic carbocycles. The number of fused-ring (bicyclic) bond motifs is 1. The number of ether oxygens (including phenoxy) is 2. The van der Waals surface area contributed by atoms with Crippen LogP contribution in [-0.4, -0.2) is 26.2 Å². The second-order valence-electron chi connectivity index (χ2n) is 6.24. The molecule has 1 heterocycles. The first-order valence-corrected chi connectivity index (χ1v) is 8.86. The first kappa shape index (κ1) is 18.9. The summed E-state index contributed by atoms with van der Waals surface area (Å²) in [5.74, 6) is 0.196. The Morgan fingerprint density at radius 1 is 1.30 bits per heavy atom. The van der Waals surface area contributed by atoms with Gasteiger partial charge in [-0.25, -0.2) is 4.39 Å². The fourth-order valence-corrected chi connectivity index (χ4v) is 3.06. The van der Waals surface area contributed by atoms with Gasteiger partial charge in [-0.15, -0.1) is 0 Å². The summed E-state index contributed by atoms with van der Waals surface area (Å²) in [7, 11) is 1.54. The van der Waals surface area contributed by atoms with Gasteiger partial charge in [0.2, 0.25) is 0 Å². The van der Waals surface area contributed by atoms with Crippen LogP contribution in [0.3, 0.4) is 0 Å². The number of carbonyl (C=O) groups is 1. The van der Waals surface area contributed by atoms with E-state index in [1.165, 1.54) is 0 Å². The van der Waals surface area contributed by atoms with Crippen molar-refractivity contribution in [2.75, 3.05) is 25.6 Å². The number of rotatable bonds is 6. The van der Waals surface area contributed by atoms with Crippen molar-refractivity contribution in [3.8, 4) is 11.5 Å². The fraction of sp³-hybridized carbons (Fsp3) is 0.286. The van der Waals surface area contributed by atoms with E-state index in [0.29, 0.717) is 30.0 Å². The molecule has 0 atom stereocenters. The molecule has 5 nitrogen and oxygen atoms in total. The van der Waals surface area contributed by atoms with Gasteiger partial charge in [0.15, 0.2) is 18.1 Å². The van der Waals surface area contributed by atoms with Gasteiger partial charge in [0.25, 0.3) is 5.91 Å². The molecule has 0 saturated heterocycles. The molecule has 2 aromatic rings. The van der Waals surface area contributed by atoms with Crippen molar-refractivity contribution in [2.24, 2.45) is 0 Å². The molecule has 142 valence electrons. The number of nitrogens with one attached hydrogen (secondary N) is 2. The molecule has 0 unspecified atom stereocenters. The van der Waals surface area contributed by atoms with Crippen molar-refractivity contribution < 1.29 is 18.7 Å². The van der Waals surface area contributed by atoms with Crippen LogP contribution in [0.25, 0.3) is 6.08 Å². The summed E-state index contributed by atoms with van der Waals surface area (Å²) in [4.78, 5) is 12.2. The van der Waals surface area contributed by atoms with Crippen molar-refractivity contribution >= 4 is 17.7 Å². The number of benzene rings is 2. The molecule has 2 N–H and O–H groups in total. The van der Waals surface area contributed by atoms with Gasteiger partial charge < -0.3 is 20.1 Å². The summed E-state index contributed by atoms with van der Waals surface area (Å²) in [5.41, 5.74) is 2.74. The van der Waals surface area contributed by atoms with Crippen molar-refractivity contribution in [3.05, 3.63) is 58.9 Å². The SMILES string of the molecule is C/C=C/c1ccc(OCC(=O)Nc2ccc3c(c2F)CCNC3)c(OC)c1. The Balaban J connectivity index is 1.65. The van der Waals surface area contributed by atoms with Crippen LogP contribution < -0.4 is 20.1 Å². The van der Waals surface area contributed by atoms with Crippen LogP contribution in [0.15, 0.2) is 36.4 Å². The van der Waals surface area contributed by atoms with Gasteiger partial charge in [-0.2, -0.15) is 0 Å². The van der Waals surface area contributed by atoms with E-state index < -0.39 is 5.91 Å². The monoisotopic (exact) mass is 370 g/mol. The molecule has 3 rings (SSSR count). The molecule has 2 aromatic carbocycles. The zero-order valence-corrected chi connectivity index (χ0v) is 15.5. The van der Waals surface area contributed by atoms with Gasteiger partial charge >= 0.3 is 0 Å². The van der Waals surface area contributed by atoms with Gasteiger partial charge in [-0.3, -0.25) is 4.79 Å². The van der Waals surface area contributed by atoms with Crippen LogP contribution >= 0.6 is 0 Å². The summed E-state index contributed by atoms with van der Waals surface area (Å²) in [6, 6.07) is 8.86. The van der Waals surface area contributed by atoms with Gasteiger partial charge in [0, 0.05) is 6.54 Å². The normalized spacial score (nSPS) is 13.3. The van der Waals surface area contributed by atoms with Crippen molar-refractivity contribution in [1.82, 2.24) is 5.32 Å². The van der Waals surface area contributed by atoms with Crippen LogP contribution in [-0.2, 0) is 17.8 Å². The molecule has 1 aliphatic rings. The minimum Gasteiger partial charge on any atom is -0.493 e. The molecule has 6 heteroatoms. The number of carbonyl (C=O) groups excluding carboxylic acids is 1. The molecule has 0 saturated carbocycles. The first-order chi connectivity index (χ1) is 13.1. The third-order valence-electron chi connectivity index (χ3n) is 4.39. The third kappa shape index (κ3) is 4.46. The number of anilines is 1. The van der Waals surface area contributed by atoms with E-state index in [4.69, 9.17) is 9.47 Å². The van der Waals surface area contributed by atoms with Crippen LogP contribution in [0.2, 0.25) is 0 Å². The molecule has 27 heavy (non-hydrogen) atoms.